The molecule has 10 heteroatoms. The van der Waals surface area contributed by atoms with E-state index < -0.39 is 21.6 Å². The summed E-state index contributed by atoms with van der Waals surface area (Å²) in [6, 6.07) is 15.0. The SMILES string of the molecule is CCc1nc2c(C(F)(F)F)cccc2n1-c1ccc(Oc2ccc(N)c(S(C)(=O)=O)c2)cc1. The van der Waals surface area contributed by atoms with E-state index in [1.54, 1.807) is 41.0 Å². The van der Waals surface area contributed by atoms with Crippen molar-refractivity contribution < 1.29 is 26.3 Å². The van der Waals surface area contributed by atoms with Gasteiger partial charge in [0.25, 0.3) is 0 Å². The fourth-order valence-corrected chi connectivity index (χ4v) is 4.43. The Kier molecular flexibility index (Phi) is 5.57. The third-order valence-corrected chi connectivity index (χ3v) is 6.24. The maximum absolute atomic E-state index is 13.4. The van der Waals surface area contributed by atoms with Crippen LogP contribution in [-0.2, 0) is 22.4 Å². The summed E-state index contributed by atoms with van der Waals surface area (Å²) >= 11 is 0. The van der Waals surface area contributed by atoms with Gasteiger partial charge in [0.05, 0.1) is 21.7 Å². The third-order valence-electron chi connectivity index (χ3n) is 5.09. The van der Waals surface area contributed by atoms with E-state index in [1.807, 2.05) is 6.92 Å². The number of para-hydroxylation sites is 1. The average molecular weight is 475 g/mol. The molecular formula is C23H20F3N3O3S. The molecule has 0 aliphatic rings. The predicted molar refractivity (Wildman–Crippen MR) is 119 cm³/mol. The van der Waals surface area contributed by atoms with E-state index in [1.165, 1.54) is 18.2 Å². The predicted octanol–water partition coefficient (Wildman–Crippen LogP) is 5.38. The maximum atomic E-state index is 13.4. The van der Waals surface area contributed by atoms with Crippen molar-refractivity contribution in [3.63, 3.8) is 0 Å². The molecule has 2 N–H and O–H groups in total. The lowest BCUT2D eigenvalue weighted by Gasteiger charge is -2.12. The Hall–Kier alpha value is -3.53. The van der Waals surface area contributed by atoms with E-state index in [0.717, 1.165) is 12.3 Å². The first kappa shape index (κ1) is 22.7. The molecule has 172 valence electrons. The van der Waals surface area contributed by atoms with Gasteiger partial charge in [0.15, 0.2) is 9.84 Å². The number of hydrogen-bond donors (Lipinski definition) is 1. The summed E-state index contributed by atoms with van der Waals surface area (Å²) in [7, 11) is -3.52. The highest BCUT2D eigenvalue weighted by molar-refractivity contribution is 7.90. The summed E-state index contributed by atoms with van der Waals surface area (Å²) < 4.78 is 71.5. The van der Waals surface area contributed by atoms with Gasteiger partial charge in [-0.3, -0.25) is 4.57 Å². The van der Waals surface area contributed by atoms with E-state index >= 15 is 0 Å². The fraction of sp³-hybridized carbons (Fsp3) is 0.174. The van der Waals surface area contributed by atoms with Crippen LogP contribution in [0.3, 0.4) is 0 Å². The molecule has 0 atom stereocenters. The van der Waals surface area contributed by atoms with Crippen LogP contribution in [0.4, 0.5) is 18.9 Å². The van der Waals surface area contributed by atoms with Crippen molar-refractivity contribution in [1.82, 2.24) is 9.55 Å². The van der Waals surface area contributed by atoms with Gasteiger partial charge >= 0.3 is 6.18 Å². The molecule has 4 aromatic rings. The topological polar surface area (TPSA) is 87.2 Å². The minimum absolute atomic E-state index is 0.0328. The Bertz CT molecular complexity index is 1440. The Morgan fingerprint density at radius 2 is 1.70 bits per heavy atom. The number of benzene rings is 3. The molecule has 3 aromatic carbocycles. The summed E-state index contributed by atoms with van der Waals surface area (Å²) in [6.45, 7) is 1.82. The van der Waals surface area contributed by atoms with Crippen LogP contribution in [0.1, 0.15) is 18.3 Å². The number of imidazole rings is 1. The van der Waals surface area contributed by atoms with Crippen LogP contribution in [0.15, 0.2) is 65.6 Å². The van der Waals surface area contributed by atoms with Gasteiger partial charge in [0, 0.05) is 24.4 Å². The number of hydrogen-bond acceptors (Lipinski definition) is 5. The highest BCUT2D eigenvalue weighted by atomic mass is 32.2. The van der Waals surface area contributed by atoms with E-state index in [2.05, 4.69) is 4.98 Å². The largest absolute Gasteiger partial charge is 0.457 e. The van der Waals surface area contributed by atoms with E-state index in [9.17, 15) is 21.6 Å². The van der Waals surface area contributed by atoms with Crippen molar-refractivity contribution in [3.8, 4) is 17.2 Å². The molecule has 33 heavy (non-hydrogen) atoms. The summed E-state index contributed by atoms with van der Waals surface area (Å²) in [4.78, 5) is 4.22. The molecule has 0 aliphatic carbocycles. The third kappa shape index (κ3) is 4.38. The number of rotatable bonds is 5. The van der Waals surface area contributed by atoms with Crippen molar-refractivity contribution >= 4 is 26.6 Å². The highest BCUT2D eigenvalue weighted by Gasteiger charge is 2.34. The molecule has 0 aliphatic heterocycles. The zero-order chi connectivity index (χ0) is 24.0. The minimum Gasteiger partial charge on any atom is -0.457 e. The van der Waals surface area contributed by atoms with Gasteiger partial charge in [-0.05, 0) is 48.5 Å². The number of aryl methyl sites for hydroxylation is 1. The lowest BCUT2D eigenvalue weighted by atomic mass is 10.1. The van der Waals surface area contributed by atoms with E-state index in [-0.39, 0.29) is 21.8 Å². The molecule has 0 spiro atoms. The Morgan fingerprint density at radius 3 is 2.30 bits per heavy atom. The summed E-state index contributed by atoms with van der Waals surface area (Å²) in [5.41, 5.74) is 5.96. The highest BCUT2D eigenvalue weighted by Crippen LogP contribution is 2.36. The van der Waals surface area contributed by atoms with Crippen LogP contribution in [0, 0.1) is 0 Å². The zero-order valence-corrected chi connectivity index (χ0v) is 18.5. The molecule has 1 heterocycles. The number of sulfone groups is 1. The van der Waals surface area contributed by atoms with Crippen LogP contribution in [-0.4, -0.2) is 24.2 Å². The van der Waals surface area contributed by atoms with Gasteiger partial charge in [-0.1, -0.05) is 13.0 Å². The molecule has 6 nitrogen and oxygen atoms in total. The Balaban J connectivity index is 1.71. The average Bonchev–Trinajstić information content (AvgIpc) is 3.13. The Morgan fingerprint density at radius 1 is 1.03 bits per heavy atom. The van der Waals surface area contributed by atoms with Crippen molar-refractivity contribution in [2.45, 2.75) is 24.4 Å². The molecule has 0 fully saturated rings. The minimum atomic E-state index is -4.51. The molecule has 4 rings (SSSR count). The second kappa shape index (κ2) is 8.11. The lowest BCUT2D eigenvalue weighted by Crippen LogP contribution is -2.05. The van der Waals surface area contributed by atoms with E-state index in [4.69, 9.17) is 10.5 Å². The number of aromatic nitrogens is 2. The zero-order valence-electron chi connectivity index (χ0n) is 17.7. The number of nitrogens with zero attached hydrogens (tertiary/aromatic N) is 2. The first-order valence-corrected chi connectivity index (χ1v) is 11.8. The molecule has 0 saturated heterocycles. The maximum Gasteiger partial charge on any atom is 0.418 e. The van der Waals surface area contributed by atoms with Gasteiger partial charge < -0.3 is 10.5 Å². The Labute approximate surface area is 188 Å². The number of nitrogens with two attached hydrogens (primary N) is 1. The quantitative estimate of drug-likeness (QED) is 0.392. The first-order valence-electron chi connectivity index (χ1n) is 9.94. The lowest BCUT2D eigenvalue weighted by molar-refractivity contribution is -0.136. The number of nitrogen functional groups attached to an aromatic ring is 1. The van der Waals surface area contributed by atoms with Gasteiger partial charge in [0.2, 0.25) is 0 Å². The fourth-order valence-electron chi connectivity index (χ4n) is 3.60. The molecule has 0 bridgehead atoms. The summed E-state index contributed by atoms with van der Waals surface area (Å²) in [5.74, 6) is 1.20. The number of anilines is 1. The molecular weight excluding hydrogens is 455 g/mol. The monoisotopic (exact) mass is 475 g/mol. The van der Waals surface area contributed by atoms with Crippen LogP contribution >= 0.6 is 0 Å². The number of fused-ring (bicyclic) bond motifs is 1. The van der Waals surface area contributed by atoms with Crippen LogP contribution < -0.4 is 10.5 Å². The molecule has 1 aromatic heterocycles. The normalized spacial score (nSPS) is 12.3. The second-order valence-corrected chi connectivity index (χ2v) is 9.44. The molecule has 0 radical (unpaired) electrons. The molecule has 0 saturated carbocycles. The summed E-state index contributed by atoms with van der Waals surface area (Å²) in [5, 5.41) is 0. The standard InChI is InChI=1S/C23H20F3N3O3S/c1-3-21-28-22-17(23(24,25)26)5-4-6-19(22)29(21)14-7-9-15(10-8-14)32-16-11-12-18(27)20(13-16)33(2,30)31/h4-13H,3,27H2,1-2H3. The number of halogens is 3. The number of alkyl halides is 3. The van der Waals surface area contributed by atoms with Crippen LogP contribution in [0.2, 0.25) is 0 Å². The number of ether oxygens (including phenoxy) is 1. The van der Waals surface area contributed by atoms with Gasteiger partial charge in [-0.2, -0.15) is 13.2 Å². The van der Waals surface area contributed by atoms with Crippen molar-refractivity contribution in [3.05, 3.63) is 72.1 Å². The van der Waals surface area contributed by atoms with Gasteiger partial charge in [-0.25, -0.2) is 13.4 Å². The summed E-state index contributed by atoms with van der Waals surface area (Å²) in [6.07, 6.45) is -3.02. The van der Waals surface area contributed by atoms with Crippen molar-refractivity contribution in [1.29, 1.82) is 0 Å². The van der Waals surface area contributed by atoms with Crippen LogP contribution in [0.5, 0.6) is 11.5 Å². The first-order chi connectivity index (χ1) is 15.5. The van der Waals surface area contributed by atoms with E-state index in [0.29, 0.717) is 29.2 Å². The van der Waals surface area contributed by atoms with Crippen molar-refractivity contribution in [2.24, 2.45) is 0 Å². The van der Waals surface area contributed by atoms with Crippen LogP contribution in [0.25, 0.3) is 16.7 Å². The second-order valence-electron chi connectivity index (χ2n) is 7.46. The molecule has 0 unspecified atom stereocenters. The van der Waals surface area contributed by atoms with Crippen molar-refractivity contribution in [2.75, 3.05) is 12.0 Å². The van der Waals surface area contributed by atoms with Gasteiger partial charge in [-0.15, -0.1) is 0 Å². The smallest absolute Gasteiger partial charge is 0.418 e. The molecule has 0 amide bonds. The van der Waals surface area contributed by atoms with Gasteiger partial charge in [0.1, 0.15) is 22.8 Å².